The van der Waals surface area contributed by atoms with Gasteiger partial charge in [0.1, 0.15) is 0 Å². The Kier molecular flexibility index (Phi) is 5.97. The minimum atomic E-state index is -0.317. The molecule has 15 heavy (non-hydrogen) atoms. The number of rotatable bonds is 3. The Balaban J connectivity index is 0.00000196. The van der Waals surface area contributed by atoms with Gasteiger partial charge in [0, 0.05) is 6.04 Å². The van der Waals surface area contributed by atoms with Crippen molar-refractivity contribution in [3.8, 4) is 0 Å². The van der Waals surface area contributed by atoms with Crippen molar-refractivity contribution in [3.63, 3.8) is 0 Å². The Hall–Kier alpha value is -1.06. The van der Waals surface area contributed by atoms with Crippen LogP contribution in [0.4, 0.5) is 0 Å². The number of methoxy groups -OCH3 is 1. The molecule has 1 rings (SSSR count). The van der Waals surface area contributed by atoms with Gasteiger partial charge in [-0.15, -0.1) is 12.4 Å². The van der Waals surface area contributed by atoms with E-state index in [1.165, 1.54) is 7.11 Å². The highest BCUT2D eigenvalue weighted by atomic mass is 35.5. The number of benzene rings is 1. The Morgan fingerprint density at radius 2 is 1.87 bits per heavy atom. The van der Waals surface area contributed by atoms with Gasteiger partial charge in [-0.3, -0.25) is 4.79 Å². The van der Waals surface area contributed by atoms with Crippen molar-refractivity contribution in [2.75, 3.05) is 7.11 Å². The molecule has 3 nitrogen and oxygen atoms in total. The minimum absolute atomic E-state index is 0. The molecule has 0 heterocycles. The summed E-state index contributed by atoms with van der Waals surface area (Å²) in [6.45, 7) is 1.77. The molecule has 84 valence electrons. The molecule has 0 saturated carbocycles. The van der Waals surface area contributed by atoms with Crippen molar-refractivity contribution in [2.45, 2.75) is 13.0 Å². The van der Waals surface area contributed by atoms with Crippen LogP contribution in [0, 0.1) is 5.92 Å². The molecule has 1 aromatic rings. The van der Waals surface area contributed by atoms with Crippen molar-refractivity contribution in [2.24, 2.45) is 11.7 Å². The molecular weight excluding hydrogens is 214 g/mol. The van der Waals surface area contributed by atoms with Crippen LogP contribution in [-0.4, -0.2) is 13.1 Å². The van der Waals surface area contributed by atoms with Crippen molar-refractivity contribution < 1.29 is 9.53 Å². The van der Waals surface area contributed by atoms with Gasteiger partial charge in [-0.1, -0.05) is 37.3 Å². The second-order valence-electron chi connectivity index (χ2n) is 3.25. The summed E-state index contributed by atoms with van der Waals surface area (Å²) in [4.78, 5) is 11.2. The molecule has 0 saturated heterocycles. The number of ether oxygens (including phenoxy) is 1. The number of carbonyl (C=O) groups excluding carboxylic acids is 1. The first kappa shape index (κ1) is 13.9. The van der Waals surface area contributed by atoms with Crippen LogP contribution in [0.5, 0.6) is 0 Å². The quantitative estimate of drug-likeness (QED) is 0.806. The monoisotopic (exact) mass is 229 g/mol. The van der Waals surface area contributed by atoms with E-state index in [2.05, 4.69) is 4.74 Å². The lowest BCUT2D eigenvalue weighted by atomic mass is 9.96. The van der Waals surface area contributed by atoms with Gasteiger partial charge in [0.15, 0.2) is 0 Å². The summed E-state index contributed by atoms with van der Waals surface area (Å²) in [6, 6.07) is 9.23. The molecule has 0 spiro atoms. The molecule has 2 N–H and O–H groups in total. The van der Waals surface area contributed by atoms with E-state index < -0.39 is 0 Å². The fraction of sp³-hybridized carbons (Fsp3) is 0.364. The van der Waals surface area contributed by atoms with E-state index in [0.717, 1.165) is 5.56 Å². The van der Waals surface area contributed by atoms with E-state index in [9.17, 15) is 4.79 Å². The van der Waals surface area contributed by atoms with Crippen molar-refractivity contribution in [1.29, 1.82) is 0 Å². The predicted octanol–water partition coefficient (Wildman–Crippen LogP) is 1.92. The number of hydrogen-bond acceptors (Lipinski definition) is 3. The normalized spacial score (nSPS) is 13.5. The Morgan fingerprint density at radius 1 is 1.33 bits per heavy atom. The van der Waals surface area contributed by atoms with Gasteiger partial charge in [-0.25, -0.2) is 0 Å². The second-order valence-corrected chi connectivity index (χ2v) is 3.25. The number of esters is 1. The maximum absolute atomic E-state index is 11.2. The van der Waals surface area contributed by atoms with Crippen LogP contribution < -0.4 is 5.73 Å². The third-order valence-corrected chi connectivity index (χ3v) is 2.30. The number of carbonyl (C=O) groups is 1. The highest BCUT2D eigenvalue weighted by Gasteiger charge is 2.22. The summed E-state index contributed by atoms with van der Waals surface area (Å²) in [5.74, 6) is -0.594. The highest BCUT2D eigenvalue weighted by molar-refractivity contribution is 5.85. The van der Waals surface area contributed by atoms with Crippen molar-refractivity contribution in [3.05, 3.63) is 35.9 Å². The van der Waals surface area contributed by atoms with Crippen LogP contribution in [0.3, 0.4) is 0 Å². The summed E-state index contributed by atoms with van der Waals surface area (Å²) in [5, 5.41) is 0. The lowest BCUT2D eigenvalue weighted by molar-refractivity contribution is -0.145. The zero-order valence-electron chi connectivity index (χ0n) is 8.84. The van der Waals surface area contributed by atoms with Crippen molar-refractivity contribution in [1.82, 2.24) is 0 Å². The smallest absolute Gasteiger partial charge is 0.310 e. The molecule has 0 bridgehead atoms. The van der Waals surface area contributed by atoms with Crippen LogP contribution in [0.25, 0.3) is 0 Å². The molecule has 0 radical (unpaired) electrons. The van der Waals surface area contributed by atoms with E-state index in [1.807, 2.05) is 30.3 Å². The van der Waals surface area contributed by atoms with Gasteiger partial charge >= 0.3 is 5.97 Å². The molecule has 0 aliphatic heterocycles. The Labute approximate surface area is 96.0 Å². The third kappa shape index (κ3) is 3.53. The molecule has 2 atom stereocenters. The third-order valence-electron chi connectivity index (χ3n) is 2.30. The van der Waals surface area contributed by atoms with Crippen LogP contribution in [0.15, 0.2) is 30.3 Å². The Morgan fingerprint density at radius 3 is 2.33 bits per heavy atom. The highest BCUT2D eigenvalue weighted by Crippen LogP contribution is 2.19. The molecule has 4 heteroatoms. The standard InChI is InChI=1S/C11H15NO2.ClH/c1-8(11(13)14-2)10(12)9-6-4-3-5-7-9;/h3-8,10H,12H2,1-2H3;1H/t8-,10-;/m0./s1. The lowest BCUT2D eigenvalue weighted by Gasteiger charge is -2.17. The maximum atomic E-state index is 11.2. The molecule has 0 aromatic heterocycles. The van der Waals surface area contributed by atoms with Crippen LogP contribution in [0.2, 0.25) is 0 Å². The summed E-state index contributed by atoms with van der Waals surface area (Å²) in [7, 11) is 1.37. The average Bonchev–Trinajstić information content (AvgIpc) is 2.27. The summed E-state index contributed by atoms with van der Waals surface area (Å²) in [5.41, 5.74) is 6.86. The molecule has 0 aliphatic rings. The van der Waals surface area contributed by atoms with E-state index in [0.29, 0.717) is 0 Å². The van der Waals surface area contributed by atoms with Gasteiger partial charge in [0.2, 0.25) is 0 Å². The van der Waals surface area contributed by atoms with Crippen LogP contribution >= 0.6 is 12.4 Å². The molecule has 0 amide bonds. The second kappa shape index (κ2) is 6.43. The van der Waals surface area contributed by atoms with Gasteiger partial charge < -0.3 is 10.5 Å². The first-order chi connectivity index (χ1) is 6.66. The average molecular weight is 230 g/mol. The Bertz CT molecular complexity index is 303. The predicted molar refractivity (Wildman–Crippen MR) is 61.8 cm³/mol. The summed E-state index contributed by atoms with van der Waals surface area (Å²) >= 11 is 0. The molecule has 0 fully saturated rings. The lowest BCUT2D eigenvalue weighted by Crippen LogP contribution is -2.26. The van der Waals surface area contributed by atoms with E-state index >= 15 is 0 Å². The molecular formula is C11H16ClNO2. The maximum Gasteiger partial charge on any atom is 0.310 e. The van der Waals surface area contributed by atoms with Crippen LogP contribution in [-0.2, 0) is 9.53 Å². The zero-order valence-corrected chi connectivity index (χ0v) is 9.66. The molecule has 0 aliphatic carbocycles. The molecule has 1 aromatic carbocycles. The first-order valence-electron chi connectivity index (χ1n) is 4.55. The van der Waals surface area contributed by atoms with Crippen LogP contribution in [0.1, 0.15) is 18.5 Å². The van der Waals surface area contributed by atoms with Gasteiger partial charge in [0.05, 0.1) is 13.0 Å². The first-order valence-corrected chi connectivity index (χ1v) is 4.55. The summed E-state index contributed by atoms with van der Waals surface area (Å²) in [6.07, 6.45) is 0. The van der Waals surface area contributed by atoms with Gasteiger partial charge in [-0.2, -0.15) is 0 Å². The van der Waals surface area contributed by atoms with E-state index in [-0.39, 0.29) is 30.3 Å². The number of hydrogen-bond donors (Lipinski definition) is 1. The largest absolute Gasteiger partial charge is 0.469 e. The number of nitrogens with two attached hydrogens (primary N) is 1. The summed E-state index contributed by atoms with van der Waals surface area (Å²) < 4.78 is 4.64. The van der Waals surface area contributed by atoms with Gasteiger partial charge in [-0.05, 0) is 5.56 Å². The fourth-order valence-corrected chi connectivity index (χ4v) is 1.30. The van der Waals surface area contributed by atoms with E-state index in [1.54, 1.807) is 6.92 Å². The SMILES string of the molecule is COC(=O)[C@@H](C)[C@H](N)c1ccccc1.Cl. The van der Waals surface area contributed by atoms with E-state index in [4.69, 9.17) is 5.73 Å². The minimum Gasteiger partial charge on any atom is -0.469 e. The van der Waals surface area contributed by atoms with Gasteiger partial charge in [0.25, 0.3) is 0 Å². The zero-order chi connectivity index (χ0) is 10.6. The van der Waals surface area contributed by atoms with Crippen molar-refractivity contribution >= 4 is 18.4 Å². The topological polar surface area (TPSA) is 52.3 Å². The molecule has 0 unspecified atom stereocenters. The fourth-order valence-electron chi connectivity index (χ4n) is 1.30. The number of halogens is 1.